The van der Waals surface area contributed by atoms with Gasteiger partial charge in [-0.25, -0.2) is 0 Å². The van der Waals surface area contributed by atoms with Gasteiger partial charge in [0.15, 0.2) is 0 Å². The van der Waals surface area contributed by atoms with Gasteiger partial charge >= 0.3 is 0 Å². The number of aromatic nitrogens is 1. The Morgan fingerprint density at radius 2 is 1.86 bits per heavy atom. The van der Waals surface area contributed by atoms with E-state index in [1.54, 1.807) is 0 Å². The van der Waals surface area contributed by atoms with Crippen LogP contribution in [0.3, 0.4) is 0 Å². The summed E-state index contributed by atoms with van der Waals surface area (Å²) < 4.78 is 8.07. The second kappa shape index (κ2) is 5.59. The summed E-state index contributed by atoms with van der Waals surface area (Å²) in [5, 5.41) is 10.4. The molecule has 1 fully saturated rings. The lowest BCUT2D eigenvalue weighted by Gasteiger charge is -2.15. The molecule has 1 N–H and O–H groups in total. The Morgan fingerprint density at radius 1 is 1.00 bits per heavy atom. The SMILES string of the molecule is OC[C@@H]1CC[C@H](n2ccc3cc(-c4ccccc4)ccc32)O1. The zero-order valence-electron chi connectivity index (χ0n) is 12.4. The third-order valence-corrected chi connectivity index (χ3v) is 4.43. The van der Waals surface area contributed by atoms with Crippen molar-refractivity contribution >= 4 is 10.9 Å². The molecule has 3 heteroatoms. The first-order valence-corrected chi connectivity index (χ1v) is 7.77. The second-order valence-corrected chi connectivity index (χ2v) is 5.84. The van der Waals surface area contributed by atoms with E-state index in [0.29, 0.717) is 0 Å². The lowest BCUT2D eigenvalue weighted by atomic mass is 10.0. The Balaban J connectivity index is 1.69. The summed E-state index contributed by atoms with van der Waals surface area (Å²) in [4.78, 5) is 0. The van der Waals surface area contributed by atoms with E-state index in [1.165, 1.54) is 22.0 Å². The van der Waals surface area contributed by atoms with Crippen molar-refractivity contribution < 1.29 is 9.84 Å². The molecule has 22 heavy (non-hydrogen) atoms. The fraction of sp³-hybridized carbons (Fsp3) is 0.263. The molecule has 0 spiro atoms. The standard InChI is InChI=1S/C19H19NO2/c21-13-17-7-9-19(22-17)20-11-10-16-12-15(6-8-18(16)20)14-4-2-1-3-5-14/h1-6,8,10-12,17,19,21H,7,9,13H2/t17-,19+/m0/s1. The molecule has 0 saturated carbocycles. The molecule has 2 aromatic carbocycles. The van der Waals surface area contributed by atoms with Gasteiger partial charge in [-0.1, -0.05) is 36.4 Å². The summed E-state index contributed by atoms with van der Waals surface area (Å²) in [6, 6.07) is 19.1. The average molecular weight is 293 g/mol. The number of aliphatic hydroxyl groups excluding tert-OH is 1. The monoisotopic (exact) mass is 293 g/mol. The summed E-state index contributed by atoms with van der Waals surface area (Å²) in [6.07, 6.45) is 3.98. The molecule has 0 radical (unpaired) electrons. The Kier molecular flexibility index (Phi) is 3.45. The van der Waals surface area contributed by atoms with Crippen molar-refractivity contribution in [3.05, 3.63) is 60.8 Å². The van der Waals surface area contributed by atoms with Crippen molar-refractivity contribution in [1.29, 1.82) is 0 Å². The quantitative estimate of drug-likeness (QED) is 0.792. The van der Waals surface area contributed by atoms with Gasteiger partial charge in [0.2, 0.25) is 0 Å². The van der Waals surface area contributed by atoms with Crippen LogP contribution in [0.5, 0.6) is 0 Å². The van der Waals surface area contributed by atoms with Crippen LogP contribution in [0.25, 0.3) is 22.0 Å². The highest BCUT2D eigenvalue weighted by Gasteiger charge is 2.26. The summed E-state index contributed by atoms with van der Waals surface area (Å²) in [5.74, 6) is 0. The maximum Gasteiger partial charge on any atom is 0.134 e. The molecule has 1 aliphatic heterocycles. The minimum atomic E-state index is -0.0222. The summed E-state index contributed by atoms with van der Waals surface area (Å²) >= 11 is 0. The van der Waals surface area contributed by atoms with E-state index in [9.17, 15) is 5.11 Å². The van der Waals surface area contributed by atoms with Gasteiger partial charge in [-0.15, -0.1) is 0 Å². The van der Waals surface area contributed by atoms with E-state index in [2.05, 4.69) is 59.3 Å². The summed E-state index contributed by atoms with van der Waals surface area (Å²) in [7, 11) is 0. The average Bonchev–Trinajstić information content (AvgIpc) is 3.21. The number of hydrogen-bond acceptors (Lipinski definition) is 2. The minimum absolute atomic E-state index is 0.0222. The largest absolute Gasteiger partial charge is 0.394 e. The first-order valence-electron chi connectivity index (χ1n) is 7.77. The van der Waals surface area contributed by atoms with Gasteiger partial charge in [-0.3, -0.25) is 0 Å². The lowest BCUT2D eigenvalue weighted by Crippen LogP contribution is -2.13. The van der Waals surface area contributed by atoms with Crippen molar-refractivity contribution in [2.24, 2.45) is 0 Å². The van der Waals surface area contributed by atoms with Gasteiger partial charge in [-0.05, 0) is 42.2 Å². The van der Waals surface area contributed by atoms with E-state index in [4.69, 9.17) is 4.74 Å². The first kappa shape index (κ1) is 13.6. The number of fused-ring (bicyclic) bond motifs is 1. The topological polar surface area (TPSA) is 34.4 Å². The molecule has 0 amide bonds. The highest BCUT2D eigenvalue weighted by molar-refractivity contribution is 5.85. The van der Waals surface area contributed by atoms with Crippen LogP contribution in [0, 0.1) is 0 Å². The van der Waals surface area contributed by atoms with Gasteiger partial charge in [0.1, 0.15) is 6.23 Å². The molecule has 112 valence electrons. The lowest BCUT2D eigenvalue weighted by molar-refractivity contribution is -0.0202. The minimum Gasteiger partial charge on any atom is -0.394 e. The van der Waals surface area contributed by atoms with Gasteiger partial charge in [0.25, 0.3) is 0 Å². The Hall–Kier alpha value is -2.10. The van der Waals surface area contributed by atoms with E-state index in [1.807, 2.05) is 6.07 Å². The van der Waals surface area contributed by atoms with Crippen LogP contribution in [-0.2, 0) is 4.74 Å². The number of aliphatic hydroxyl groups is 1. The zero-order chi connectivity index (χ0) is 14.9. The van der Waals surface area contributed by atoms with E-state index >= 15 is 0 Å². The van der Waals surface area contributed by atoms with Crippen LogP contribution in [0.4, 0.5) is 0 Å². The van der Waals surface area contributed by atoms with Crippen LogP contribution in [-0.4, -0.2) is 22.4 Å². The Bertz CT molecular complexity index is 778. The highest BCUT2D eigenvalue weighted by atomic mass is 16.5. The van der Waals surface area contributed by atoms with Crippen LogP contribution in [0.2, 0.25) is 0 Å². The normalized spacial score (nSPS) is 21.5. The van der Waals surface area contributed by atoms with Crippen LogP contribution >= 0.6 is 0 Å². The maximum absolute atomic E-state index is 9.22. The number of benzene rings is 2. The summed E-state index contributed by atoms with van der Waals surface area (Å²) in [5.41, 5.74) is 3.64. The van der Waals surface area contributed by atoms with E-state index < -0.39 is 0 Å². The van der Waals surface area contributed by atoms with E-state index in [0.717, 1.165) is 12.8 Å². The number of ether oxygens (including phenoxy) is 1. The smallest absolute Gasteiger partial charge is 0.134 e. The molecule has 0 aliphatic carbocycles. The number of nitrogens with zero attached hydrogens (tertiary/aromatic N) is 1. The third-order valence-electron chi connectivity index (χ3n) is 4.43. The van der Waals surface area contributed by atoms with Gasteiger partial charge in [-0.2, -0.15) is 0 Å². The Morgan fingerprint density at radius 3 is 2.64 bits per heavy atom. The molecule has 2 atom stereocenters. The van der Waals surface area contributed by atoms with Crippen LogP contribution in [0.1, 0.15) is 19.1 Å². The molecule has 2 heterocycles. The van der Waals surface area contributed by atoms with Gasteiger partial charge in [0, 0.05) is 11.6 Å². The number of rotatable bonds is 3. The summed E-state index contributed by atoms with van der Waals surface area (Å²) in [6.45, 7) is 0.105. The van der Waals surface area contributed by atoms with E-state index in [-0.39, 0.29) is 18.9 Å². The predicted octanol–water partition coefficient (Wildman–Crippen LogP) is 3.98. The molecule has 4 rings (SSSR count). The molecule has 0 bridgehead atoms. The molecular weight excluding hydrogens is 274 g/mol. The van der Waals surface area contributed by atoms with Crippen molar-refractivity contribution in [1.82, 2.24) is 4.57 Å². The third kappa shape index (κ3) is 2.32. The Labute approximate surface area is 129 Å². The second-order valence-electron chi connectivity index (χ2n) is 5.84. The first-order chi connectivity index (χ1) is 10.8. The predicted molar refractivity (Wildman–Crippen MR) is 87.6 cm³/mol. The molecule has 3 nitrogen and oxygen atoms in total. The fourth-order valence-electron chi connectivity index (χ4n) is 3.25. The number of hydrogen-bond donors (Lipinski definition) is 1. The fourth-order valence-corrected chi connectivity index (χ4v) is 3.25. The van der Waals surface area contributed by atoms with Crippen LogP contribution in [0.15, 0.2) is 60.8 Å². The molecule has 1 saturated heterocycles. The molecule has 3 aromatic rings. The molecule has 0 unspecified atom stereocenters. The van der Waals surface area contributed by atoms with Crippen molar-refractivity contribution in [3.8, 4) is 11.1 Å². The van der Waals surface area contributed by atoms with Gasteiger partial charge < -0.3 is 14.4 Å². The van der Waals surface area contributed by atoms with Crippen LogP contribution < -0.4 is 0 Å². The van der Waals surface area contributed by atoms with Crippen molar-refractivity contribution in [2.75, 3.05) is 6.61 Å². The molecule has 1 aliphatic rings. The molecule has 1 aromatic heterocycles. The van der Waals surface area contributed by atoms with Crippen molar-refractivity contribution in [2.45, 2.75) is 25.2 Å². The highest BCUT2D eigenvalue weighted by Crippen LogP contribution is 2.33. The molecular formula is C19H19NO2. The zero-order valence-corrected chi connectivity index (χ0v) is 12.4. The van der Waals surface area contributed by atoms with Gasteiger partial charge in [0.05, 0.1) is 18.2 Å². The maximum atomic E-state index is 9.22. The van der Waals surface area contributed by atoms with Crippen molar-refractivity contribution in [3.63, 3.8) is 0 Å².